The minimum absolute atomic E-state index is 0.0397. The summed E-state index contributed by atoms with van der Waals surface area (Å²) in [5.41, 5.74) is 1.69. The minimum Gasteiger partial charge on any atom is -0.497 e. The second-order valence-corrected chi connectivity index (χ2v) is 6.60. The van der Waals surface area contributed by atoms with Crippen molar-refractivity contribution in [2.75, 3.05) is 16.9 Å². The first-order valence-corrected chi connectivity index (χ1v) is 9.33. The van der Waals surface area contributed by atoms with E-state index in [0.29, 0.717) is 22.7 Å². The van der Waals surface area contributed by atoms with Gasteiger partial charge in [-0.05, 0) is 36.4 Å². The number of hydrogen-bond acceptors (Lipinski definition) is 4. The summed E-state index contributed by atoms with van der Waals surface area (Å²) in [5, 5.41) is 8.67. The zero-order chi connectivity index (χ0) is 21.1. The van der Waals surface area contributed by atoms with Gasteiger partial charge in [0.05, 0.1) is 12.8 Å². The summed E-state index contributed by atoms with van der Waals surface area (Å²) >= 11 is 0. The molecule has 6 heteroatoms. The number of carbonyl (C=O) groups is 2. The van der Waals surface area contributed by atoms with Crippen molar-refractivity contribution >= 4 is 29.0 Å². The van der Waals surface area contributed by atoms with E-state index in [0.717, 1.165) is 0 Å². The molecular weight excluding hydrogens is 378 g/mol. The number of rotatable bonds is 5. The highest BCUT2D eigenvalue weighted by Gasteiger charge is 2.40. The van der Waals surface area contributed by atoms with E-state index in [1.54, 1.807) is 60.7 Å². The lowest BCUT2D eigenvalue weighted by Crippen LogP contribution is -2.33. The van der Waals surface area contributed by atoms with Crippen LogP contribution in [0.3, 0.4) is 0 Å². The number of allylic oxidation sites excluding steroid dienone is 1. The number of ether oxygens (including phenoxy) is 1. The molecule has 1 heterocycles. The Labute approximate surface area is 174 Å². The molecule has 4 rings (SSSR count). The Hall–Kier alpha value is -4.19. The van der Waals surface area contributed by atoms with Gasteiger partial charge >= 0.3 is 0 Å². The Kier molecular flexibility index (Phi) is 5.13. The van der Waals surface area contributed by atoms with Gasteiger partial charge < -0.3 is 4.74 Å². The molecule has 6 nitrogen and oxygen atoms in total. The van der Waals surface area contributed by atoms with E-state index in [4.69, 9.17) is 10.1 Å². The molecular formula is C24H19N3O3. The van der Waals surface area contributed by atoms with Crippen LogP contribution in [0.4, 0.5) is 11.4 Å². The number of methoxy groups -OCH3 is 1. The van der Waals surface area contributed by atoms with E-state index in [1.807, 2.05) is 24.3 Å². The molecule has 0 radical (unpaired) electrons. The normalized spacial score (nSPS) is 15.0. The Morgan fingerprint density at radius 3 is 2.07 bits per heavy atom. The summed E-state index contributed by atoms with van der Waals surface area (Å²) in [5.74, 6) is -0.273. The van der Waals surface area contributed by atoms with Crippen LogP contribution in [0.2, 0.25) is 0 Å². The van der Waals surface area contributed by atoms with Gasteiger partial charge in [-0.1, -0.05) is 48.5 Å². The monoisotopic (exact) mass is 397 g/mol. The molecule has 3 aromatic rings. The molecule has 1 amide bonds. The number of para-hydroxylation sites is 2. The van der Waals surface area contributed by atoms with E-state index in [2.05, 4.69) is 0 Å². The Bertz CT molecular complexity index is 1140. The maximum absolute atomic E-state index is 13.3. The third kappa shape index (κ3) is 3.46. The molecule has 1 saturated heterocycles. The van der Waals surface area contributed by atoms with Crippen molar-refractivity contribution in [3.05, 3.63) is 102 Å². The standard InChI is InChI=1S/C24H19N3O3/c1-30-20-14-8-9-17(15-20)22(28)16-21-23(29)27(19-12-6-3-7-13-19)24(25)26(21)18-10-4-2-5-11-18/h2-16,25H,1H3/b21-16+,25-24?. The SMILES string of the molecule is COc1cccc(C(=O)/C=C2\C(=O)N(c3ccccc3)C(=N)N2c2ccccc2)c1. The van der Waals surface area contributed by atoms with Gasteiger partial charge in [-0.2, -0.15) is 0 Å². The molecule has 1 aliphatic heterocycles. The largest absolute Gasteiger partial charge is 0.497 e. The van der Waals surface area contributed by atoms with Gasteiger partial charge in [-0.25, -0.2) is 4.90 Å². The van der Waals surface area contributed by atoms with Crippen LogP contribution in [0.1, 0.15) is 10.4 Å². The van der Waals surface area contributed by atoms with Crippen LogP contribution in [-0.2, 0) is 4.79 Å². The average Bonchev–Trinajstić information content (AvgIpc) is 3.04. The van der Waals surface area contributed by atoms with Crippen molar-refractivity contribution in [3.8, 4) is 5.75 Å². The lowest BCUT2D eigenvalue weighted by atomic mass is 10.1. The molecule has 3 aromatic carbocycles. The Balaban J connectivity index is 1.80. The van der Waals surface area contributed by atoms with Gasteiger partial charge in [0.25, 0.3) is 5.91 Å². The molecule has 0 unspecified atom stereocenters. The highest BCUT2D eigenvalue weighted by Crippen LogP contribution is 2.31. The van der Waals surface area contributed by atoms with Gasteiger partial charge in [-0.15, -0.1) is 0 Å². The second kappa shape index (κ2) is 8.05. The van der Waals surface area contributed by atoms with Gasteiger partial charge in [0, 0.05) is 17.3 Å². The molecule has 0 spiro atoms. The molecule has 30 heavy (non-hydrogen) atoms. The molecule has 1 aliphatic rings. The average molecular weight is 397 g/mol. The fourth-order valence-corrected chi connectivity index (χ4v) is 3.29. The molecule has 148 valence electrons. The van der Waals surface area contributed by atoms with Gasteiger partial charge in [-0.3, -0.25) is 19.9 Å². The number of carbonyl (C=O) groups excluding carboxylic acids is 2. The number of ketones is 1. The van der Waals surface area contributed by atoms with E-state index >= 15 is 0 Å². The molecule has 0 bridgehead atoms. The van der Waals surface area contributed by atoms with Gasteiger partial charge in [0.1, 0.15) is 11.4 Å². The summed E-state index contributed by atoms with van der Waals surface area (Å²) in [6.07, 6.45) is 1.28. The first-order valence-electron chi connectivity index (χ1n) is 9.33. The fraction of sp³-hybridized carbons (Fsp3) is 0.0417. The van der Waals surface area contributed by atoms with Crippen molar-refractivity contribution in [3.63, 3.8) is 0 Å². The second-order valence-electron chi connectivity index (χ2n) is 6.60. The van der Waals surface area contributed by atoms with Crippen molar-refractivity contribution in [2.45, 2.75) is 0 Å². The molecule has 0 aromatic heterocycles. The number of amides is 1. The van der Waals surface area contributed by atoms with Crippen molar-refractivity contribution in [1.29, 1.82) is 5.41 Å². The molecule has 0 saturated carbocycles. The smallest absolute Gasteiger partial charge is 0.282 e. The predicted molar refractivity (Wildman–Crippen MR) is 116 cm³/mol. The number of nitrogens with one attached hydrogen (secondary N) is 1. The van der Waals surface area contributed by atoms with E-state index in [1.165, 1.54) is 23.0 Å². The Morgan fingerprint density at radius 1 is 0.867 bits per heavy atom. The van der Waals surface area contributed by atoms with Crippen LogP contribution in [0.5, 0.6) is 5.75 Å². The third-order valence-electron chi connectivity index (χ3n) is 4.74. The molecule has 1 N–H and O–H groups in total. The van der Waals surface area contributed by atoms with Gasteiger partial charge in [0.15, 0.2) is 5.78 Å². The van der Waals surface area contributed by atoms with E-state index < -0.39 is 5.91 Å². The fourth-order valence-electron chi connectivity index (χ4n) is 3.29. The molecule has 1 fully saturated rings. The van der Waals surface area contributed by atoms with E-state index in [-0.39, 0.29) is 17.4 Å². The van der Waals surface area contributed by atoms with Crippen molar-refractivity contribution in [1.82, 2.24) is 0 Å². The predicted octanol–water partition coefficient (Wildman–Crippen LogP) is 4.25. The summed E-state index contributed by atoms with van der Waals surface area (Å²) in [4.78, 5) is 29.0. The topological polar surface area (TPSA) is 73.7 Å². The summed E-state index contributed by atoms with van der Waals surface area (Å²) in [6, 6.07) is 24.8. The highest BCUT2D eigenvalue weighted by molar-refractivity contribution is 6.36. The summed E-state index contributed by atoms with van der Waals surface area (Å²) in [7, 11) is 1.53. The zero-order valence-corrected chi connectivity index (χ0v) is 16.3. The van der Waals surface area contributed by atoms with Crippen LogP contribution in [-0.4, -0.2) is 24.8 Å². The summed E-state index contributed by atoms with van der Waals surface area (Å²) in [6.45, 7) is 0. The van der Waals surface area contributed by atoms with E-state index in [9.17, 15) is 9.59 Å². The minimum atomic E-state index is -0.439. The summed E-state index contributed by atoms with van der Waals surface area (Å²) < 4.78 is 5.19. The number of benzene rings is 3. The number of guanidine groups is 1. The lowest BCUT2D eigenvalue weighted by molar-refractivity contribution is -0.113. The van der Waals surface area contributed by atoms with Crippen LogP contribution < -0.4 is 14.5 Å². The molecule has 0 atom stereocenters. The van der Waals surface area contributed by atoms with Crippen LogP contribution in [0.25, 0.3) is 0 Å². The molecule has 0 aliphatic carbocycles. The van der Waals surface area contributed by atoms with Gasteiger partial charge in [0.2, 0.25) is 5.96 Å². The number of anilines is 2. The lowest BCUT2D eigenvalue weighted by Gasteiger charge is -2.20. The van der Waals surface area contributed by atoms with Crippen LogP contribution in [0, 0.1) is 5.41 Å². The Morgan fingerprint density at radius 2 is 1.47 bits per heavy atom. The van der Waals surface area contributed by atoms with Crippen LogP contribution in [0.15, 0.2) is 96.7 Å². The maximum atomic E-state index is 13.3. The quantitative estimate of drug-likeness (QED) is 0.516. The zero-order valence-electron chi connectivity index (χ0n) is 16.3. The first-order chi connectivity index (χ1) is 14.6. The highest BCUT2D eigenvalue weighted by atomic mass is 16.5. The maximum Gasteiger partial charge on any atom is 0.282 e. The number of hydrogen-bond donors (Lipinski definition) is 1. The third-order valence-corrected chi connectivity index (χ3v) is 4.74. The van der Waals surface area contributed by atoms with Crippen LogP contribution >= 0.6 is 0 Å². The van der Waals surface area contributed by atoms with Crippen molar-refractivity contribution < 1.29 is 14.3 Å². The number of nitrogens with zero attached hydrogens (tertiary/aromatic N) is 2. The first kappa shape index (κ1) is 19.1. The van der Waals surface area contributed by atoms with Crippen molar-refractivity contribution in [2.24, 2.45) is 0 Å².